The fraction of sp³-hybridized carbons (Fsp3) is 0.500. The van der Waals surface area contributed by atoms with E-state index in [1.807, 2.05) is 0 Å². The minimum atomic E-state index is -1.37. The van der Waals surface area contributed by atoms with Crippen LogP contribution in [0.5, 0.6) is 11.5 Å². The number of aliphatic hydroxyl groups excluding tert-OH is 2. The minimum Gasteiger partial charge on any atom is -0.550 e. The molecule has 0 fully saturated rings. The number of rotatable bonds is 19. The lowest BCUT2D eigenvalue weighted by atomic mass is 10.1. The summed E-state index contributed by atoms with van der Waals surface area (Å²) in [5.41, 5.74) is 11.9. The lowest BCUT2D eigenvalue weighted by molar-refractivity contribution is -0.688. The van der Waals surface area contributed by atoms with Crippen LogP contribution in [0.25, 0.3) is 0 Å². The summed E-state index contributed by atoms with van der Waals surface area (Å²) in [5.74, 6) is -2.08. The van der Waals surface area contributed by atoms with Crippen molar-refractivity contribution in [1.29, 1.82) is 0 Å². The second-order valence-electron chi connectivity index (χ2n) is 11.2. The molecule has 0 unspecified atom stereocenters. The lowest BCUT2D eigenvalue weighted by Gasteiger charge is -2.13. The zero-order valence-corrected chi connectivity index (χ0v) is 28.1. The van der Waals surface area contributed by atoms with Crippen LogP contribution in [0.1, 0.15) is 51.7 Å². The Kier molecular flexibility index (Phi) is 27.8. The van der Waals surface area contributed by atoms with E-state index in [1.165, 1.54) is 0 Å². The van der Waals surface area contributed by atoms with Gasteiger partial charge in [0, 0.05) is 11.9 Å². The highest BCUT2D eigenvalue weighted by molar-refractivity contribution is 5.77. The quantitative estimate of drug-likeness (QED) is 0.0814. The van der Waals surface area contributed by atoms with Gasteiger partial charge >= 0.3 is 0 Å². The summed E-state index contributed by atoms with van der Waals surface area (Å²) < 4.78 is 10.9. The number of benzene rings is 2. The van der Waals surface area contributed by atoms with E-state index in [-0.39, 0.29) is 48.8 Å². The third-order valence-corrected chi connectivity index (χ3v) is 5.78. The van der Waals surface area contributed by atoms with Crippen molar-refractivity contribution in [2.24, 2.45) is 11.5 Å². The smallest absolute Gasteiger partial charge is 0.221 e. The first-order valence-corrected chi connectivity index (χ1v) is 15.0. The largest absolute Gasteiger partial charge is 0.550 e. The molecule has 2 aromatic rings. The van der Waals surface area contributed by atoms with Crippen molar-refractivity contribution in [3.63, 3.8) is 0 Å². The molecule has 2 atom stereocenters. The number of amides is 2. The molecule has 0 aromatic heterocycles. The van der Waals surface area contributed by atoms with Crippen molar-refractivity contribution < 1.29 is 70.7 Å². The Bertz CT molecular complexity index is 1070. The van der Waals surface area contributed by atoms with Crippen LogP contribution in [0.3, 0.4) is 0 Å². The zero-order chi connectivity index (χ0) is 35.1. The highest BCUT2D eigenvalue weighted by Crippen LogP contribution is 2.13. The number of hydrogen-bond donors (Lipinski definition) is 6. The summed E-state index contributed by atoms with van der Waals surface area (Å²) in [7, 11) is 0. The van der Waals surface area contributed by atoms with Gasteiger partial charge in [-0.15, -0.1) is 0 Å². The molecular weight excluding hydrogens is 632 g/mol. The highest BCUT2D eigenvalue weighted by atomic mass is 16.5. The number of hydrogen-bond acceptors (Lipinski definition) is 10. The van der Waals surface area contributed by atoms with Crippen molar-refractivity contribution in [2.45, 2.75) is 77.7 Å². The van der Waals surface area contributed by atoms with E-state index in [0.29, 0.717) is 36.7 Å². The first-order chi connectivity index (χ1) is 21.6. The van der Waals surface area contributed by atoms with Crippen LogP contribution in [-0.2, 0) is 32.0 Å². The van der Waals surface area contributed by atoms with E-state index in [4.69, 9.17) is 20.9 Å². The van der Waals surface area contributed by atoms with E-state index in [0.717, 1.165) is 11.1 Å². The number of carbonyl (C=O) groups excluding carboxylic acids is 4. The van der Waals surface area contributed by atoms with Gasteiger partial charge in [0.15, 0.2) is 0 Å². The number of nitrogens with two attached hydrogens (primary N) is 4. The number of carboxylic acids is 2. The molecule has 0 bridgehead atoms. The van der Waals surface area contributed by atoms with E-state index in [9.17, 15) is 39.6 Å². The Hall–Kier alpha value is -4.32. The standard InChI is InChI=1S/2C14H22N2O3.C4H6O4.2H2O/c2*1-10(2)16-8-12(17)9-19-13-5-3-11(4-6-13)7-14(15)18;5-3(6)1-2-4(7)8;;/h2*3-6,10,12,16-17H,7-9H2,1-2H3,(H2,15,18);1-2H2,(H,5,6)(H,7,8);2*1H2/t2*12-;;;/m10.../s1. The molecule has 14 N–H and O–H groups in total. The molecule has 0 saturated heterocycles. The molecule has 0 radical (unpaired) electrons. The molecule has 0 spiro atoms. The normalized spacial score (nSPS) is 11.2. The number of carbonyl (C=O) groups is 4. The van der Waals surface area contributed by atoms with Crippen LogP contribution in [0.4, 0.5) is 0 Å². The van der Waals surface area contributed by atoms with Gasteiger partial charge in [0.1, 0.15) is 50.0 Å². The Morgan fingerprint density at radius 3 is 1.17 bits per heavy atom. The first-order valence-electron chi connectivity index (χ1n) is 15.0. The predicted molar refractivity (Wildman–Crippen MR) is 172 cm³/mol. The average Bonchev–Trinajstić information content (AvgIpc) is 2.97. The van der Waals surface area contributed by atoms with Gasteiger partial charge in [0.05, 0.1) is 24.9 Å². The van der Waals surface area contributed by atoms with E-state index < -0.39 is 37.0 Å². The van der Waals surface area contributed by atoms with Crippen molar-refractivity contribution in [2.75, 3.05) is 26.3 Å². The fourth-order valence-electron chi connectivity index (χ4n) is 3.39. The van der Waals surface area contributed by atoms with Crippen molar-refractivity contribution in [3.05, 3.63) is 59.7 Å². The summed E-state index contributed by atoms with van der Waals surface area (Å²) in [4.78, 5) is 40.5. The maximum atomic E-state index is 10.7. The molecule has 274 valence electrons. The second kappa shape index (κ2) is 27.8. The molecular formula is C32H54N4O12. The molecule has 0 heterocycles. The predicted octanol–water partition coefficient (Wildman–Crippen LogP) is -5.53. The van der Waals surface area contributed by atoms with Crippen LogP contribution in [0.15, 0.2) is 48.5 Å². The maximum Gasteiger partial charge on any atom is 0.221 e. The van der Waals surface area contributed by atoms with Crippen LogP contribution in [0.2, 0.25) is 0 Å². The van der Waals surface area contributed by atoms with Crippen LogP contribution < -0.4 is 41.8 Å². The van der Waals surface area contributed by atoms with Crippen molar-refractivity contribution in [3.8, 4) is 11.5 Å². The van der Waals surface area contributed by atoms with Gasteiger partial charge in [-0.05, 0) is 75.9 Å². The molecule has 16 heteroatoms. The third kappa shape index (κ3) is 29.1. The van der Waals surface area contributed by atoms with E-state index in [1.54, 1.807) is 48.5 Å². The first kappa shape index (κ1) is 48.1. The van der Waals surface area contributed by atoms with Gasteiger partial charge in [-0.3, -0.25) is 9.59 Å². The monoisotopic (exact) mass is 686 g/mol. The zero-order valence-electron chi connectivity index (χ0n) is 28.1. The lowest BCUT2D eigenvalue weighted by Crippen LogP contribution is -2.90. The summed E-state index contributed by atoms with van der Waals surface area (Å²) in [6.45, 7) is 10.1. The van der Waals surface area contributed by atoms with Gasteiger partial charge in [0.25, 0.3) is 0 Å². The SMILES string of the molecule is CC(C)[NH2+]C[C@@H](O)COc1ccc(CC(N)=O)cc1.CC(C)[NH2+]C[C@H](O)COc1ccc(CC(N)=O)cc1.O.O.O=C([O-])CCC(=O)[O-]. The van der Waals surface area contributed by atoms with E-state index >= 15 is 0 Å². The maximum absolute atomic E-state index is 10.7. The molecule has 0 aliphatic rings. The minimum absolute atomic E-state index is 0. The number of aliphatic carboxylic acids is 2. The van der Waals surface area contributed by atoms with E-state index in [2.05, 4.69) is 38.3 Å². The molecule has 48 heavy (non-hydrogen) atoms. The molecule has 16 nitrogen and oxygen atoms in total. The summed E-state index contributed by atoms with van der Waals surface area (Å²) in [6, 6.07) is 15.2. The van der Waals surface area contributed by atoms with Crippen molar-refractivity contribution >= 4 is 23.8 Å². The van der Waals surface area contributed by atoms with Gasteiger partial charge in [0.2, 0.25) is 11.8 Å². The van der Waals surface area contributed by atoms with Gasteiger partial charge in [-0.1, -0.05) is 24.3 Å². The van der Waals surface area contributed by atoms with Crippen LogP contribution >= 0.6 is 0 Å². The van der Waals surface area contributed by atoms with Crippen LogP contribution in [-0.4, -0.2) is 95.5 Å². The number of primary amides is 2. The number of aliphatic hydroxyl groups is 2. The molecule has 0 aliphatic carbocycles. The molecule has 2 amide bonds. The molecule has 2 rings (SSSR count). The molecule has 0 aliphatic heterocycles. The third-order valence-electron chi connectivity index (χ3n) is 5.78. The molecule has 2 aromatic carbocycles. The topological polar surface area (TPSA) is 322 Å². The fourth-order valence-corrected chi connectivity index (χ4v) is 3.39. The Morgan fingerprint density at radius 1 is 0.646 bits per heavy atom. The number of quaternary nitrogens is 2. The summed E-state index contributed by atoms with van der Waals surface area (Å²) in [5, 5.41) is 42.6. The highest BCUT2D eigenvalue weighted by Gasteiger charge is 2.10. The average molecular weight is 687 g/mol. The summed E-state index contributed by atoms with van der Waals surface area (Å²) >= 11 is 0. The van der Waals surface area contributed by atoms with Crippen LogP contribution in [0, 0.1) is 0 Å². The van der Waals surface area contributed by atoms with Gasteiger partial charge in [-0.2, -0.15) is 0 Å². The summed E-state index contributed by atoms with van der Waals surface area (Å²) in [6.07, 6.45) is -1.47. The number of carboxylic acid groups (broad SMARTS) is 2. The van der Waals surface area contributed by atoms with Gasteiger partial charge < -0.3 is 72.5 Å². The number of ether oxygens (including phenoxy) is 2. The van der Waals surface area contributed by atoms with Gasteiger partial charge in [-0.25, -0.2) is 0 Å². The Balaban J connectivity index is -0.000000668. The second-order valence-corrected chi connectivity index (χ2v) is 11.2. The Morgan fingerprint density at radius 2 is 0.938 bits per heavy atom. The van der Waals surface area contributed by atoms with Crippen molar-refractivity contribution in [1.82, 2.24) is 0 Å². The molecule has 0 saturated carbocycles. The Labute approximate surface area is 281 Å².